The molecule has 1 aromatic heterocycles. The van der Waals surface area contributed by atoms with Crippen LogP contribution in [0.15, 0.2) is 36.5 Å². The van der Waals surface area contributed by atoms with Crippen LogP contribution in [0.2, 0.25) is 0 Å². The standard InChI is InChI=1S/C16H20FN3/c1-3-19-15(10-13-5-4-8-20-16(13)18)12-6-7-14(17)11(2)9-12/h4-9,15,19H,3,10H2,1-2H3,(H2,18,20). The maximum absolute atomic E-state index is 13.4. The Hall–Kier alpha value is -1.94. The average molecular weight is 273 g/mol. The summed E-state index contributed by atoms with van der Waals surface area (Å²) in [6.45, 7) is 4.66. The van der Waals surface area contributed by atoms with Crippen LogP contribution < -0.4 is 11.1 Å². The number of hydrogen-bond acceptors (Lipinski definition) is 3. The van der Waals surface area contributed by atoms with Crippen molar-refractivity contribution in [3.8, 4) is 0 Å². The largest absolute Gasteiger partial charge is 0.383 e. The zero-order valence-corrected chi connectivity index (χ0v) is 11.9. The Labute approximate surface area is 119 Å². The molecule has 0 saturated heterocycles. The van der Waals surface area contributed by atoms with Crippen LogP contribution in [-0.4, -0.2) is 11.5 Å². The van der Waals surface area contributed by atoms with E-state index in [0.29, 0.717) is 11.4 Å². The smallest absolute Gasteiger partial charge is 0.126 e. The van der Waals surface area contributed by atoms with Gasteiger partial charge in [0.15, 0.2) is 0 Å². The molecule has 1 aromatic carbocycles. The van der Waals surface area contributed by atoms with Crippen LogP contribution in [0.25, 0.3) is 0 Å². The van der Waals surface area contributed by atoms with Crippen LogP contribution in [0.4, 0.5) is 10.2 Å². The van der Waals surface area contributed by atoms with Gasteiger partial charge in [0.25, 0.3) is 0 Å². The molecule has 0 radical (unpaired) electrons. The predicted molar refractivity (Wildman–Crippen MR) is 79.9 cm³/mol. The topological polar surface area (TPSA) is 50.9 Å². The molecule has 20 heavy (non-hydrogen) atoms. The summed E-state index contributed by atoms with van der Waals surface area (Å²) in [6, 6.07) is 9.18. The van der Waals surface area contributed by atoms with E-state index >= 15 is 0 Å². The number of nitrogens with zero attached hydrogens (tertiary/aromatic N) is 1. The van der Waals surface area contributed by atoms with Crippen molar-refractivity contribution in [1.82, 2.24) is 10.3 Å². The third-order valence-corrected chi connectivity index (χ3v) is 3.39. The lowest BCUT2D eigenvalue weighted by molar-refractivity contribution is 0.546. The van der Waals surface area contributed by atoms with Crippen LogP contribution in [0, 0.1) is 12.7 Å². The molecule has 0 saturated carbocycles. The molecular weight excluding hydrogens is 253 g/mol. The highest BCUT2D eigenvalue weighted by molar-refractivity contribution is 5.40. The van der Waals surface area contributed by atoms with E-state index in [0.717, 1.165) is 24.1 Å². The van der Waals surface area contributed by atoms with Crippen molar-refractivity contribution < 1.29 is 4.39 Å². The lowest BCUT2D eigenvalue weighted by Crippen LogP contribution is -2.23. The molecule has 3 nitrogen and oxygen atoms in total. The van der Waals surface area contributed by atoms with Crippen LogP contribution in [0.3, 0.4) is 0 Å². The molecule has 4 heteroatoms. The highest BCUT2D eigenvalue weighted by Crippen LogP contribution is 2.22. The third kappa shape index (κ3) is 3.33. The number of halogens is 1. The second kappa shape index (κ2) is 6.48. The van der Waals surface area contributed by atoms with Crippen molar-refractivity contribution >= 4 is 5.82 Å². The molecule has 0 bridgehead atoms. The van der Waals surface area contributed by atoms with Gasteiger partial charge in [-0.05, 0) is 48.7 Å². The van der Waals surface area contributed by atoms with E-state index in [2.05, 4.69) is 17.2 Å². The summed E-state index contributed by atoms with van der Waals surface area (Å²) in [4.78, 5) is 4.11. The third-order valence-electron chi connectivity index (χ3n) is 3.39. The van der Waals surface area contributed by atoms with Gasteiger partial charge in [-0.2, -0.15) is 0 Å². The summed E-state index contributed by atoms with van der Waals surface area (Å²) in [5.41, 5.74) is 8.62. The summed E-state index contributed by atoms with van der Waals surface area (Å²) in [7, 11) is 0. The molecule has 3 N–H and O–H groups in total. The van der Waals surface area contributed by atoms with Gasteiger partial charge in [-0.3, -0.25) is 0 Å². The molecule has 1 heterocycles. The molecule has 0 aliphatic carbocycles. The normalized spacial score (nSPS) is 12.3. The monoisotopic (exact) mass is 273 g/mol. The number of pyridine rings is 1. The molecule has 2 rings (SSSR count). The summed E-state index contributed by atoms with van der Waals surface area (Å²) in [6.07, 6.45) is 2.42. The fourth-order valence-corrected chi connectivity index (χ4v) is 2.28. The number of nitrogens with one attached hydrogen (secondary N) is 1. The highest BCUT2D eigenvalue weighted by atomic mass is 19.1. The maximum atomic E-state index is 13.4. The number of likely N-dealkylation sites (N-methyl/N-ethyl adjacent to an activating group) is 1. The average Bonchev–Trinajstić information content (AvgIpc) is 2.44. The van der Waals surface area contributed by atoms with Gasteiger partial charge in [-0.15, -0.1) is 0 Å². The second-order valence-electron chi connectivity index (χ2n) is 4.87. The van der Waals surface area contributed by atoms with Crippen LogP contribution in [0.1, 0.15) is 29.7 Å². The Morgan fingerprint density at radius 3 is 2.80 bits per heavy atom. The molecule has 0 aliphatic rings. The number of nitrogen functional groups attached to an aromatic ring is 1. The molecular formula is C16H20FN3. The lowest BCUT2D eigenvalue weighted by Gasteiger charge is -2.19. The first kappa shape index (κ1) is 14.5. The van der Waals surface area contributed by atoms with Gasteiger partial charge in [0, 0.05) is 12.2 Å². The Morgan fingerprint density at radius 2 is 2.15 bits per heavy atom. The number of nitrogens with two attached hydrogens (primary N) is 1. The minimum atomic E-state index is -0.176. The first-order valence-electron chi connectivity index (χ1n) is 6.80. The van der Waals surface area contributed by atoms with Crippen molar-refractivity contribution in [1.29, 1.82) is 0 Å². The number of anilines is 1. The van der Waals surface area contributed by atoms with Crippen molar-refractivity contribution in [2.75, 3.05) is 12.3 Å². The van der Waals surface area contributed by atoms with Crippen LogP contribution >= 0.6 is 0 Å². The quantitative estimate of drug-likeness (QED) is 0.880. The molecule has 1 atom stereocenters. The Morgan fingerprint density at radius 1 is 1.35 bits per heavy atom. The van der Waals surface area contributed by atoms with Gasteiger partial charge >= 0.3 is 0 Å². The van der Waals surface area contributed by atoms with Gasteiger partial charge < -0.3 is 11.1 Å². The fourth-order valence-electron chi connectivity index (χ4n) is 2.28. The van der Waals surface area contributed by atoms with E-state index < -0.39 is 0 Å². The molecule has 0 amide bonds. The SMILES string of the molecule is CCNC(Cc1cccnc1N)c1ccc(F)c(C)c1. The van der Waals surface area contributed by atoms with Gasteiger partial charge in [0.1, 0.15) is 11.6 Å². The van der Waals surface area contributed by atoms with Crippen LogP contribution in [-0.2, 0) is 6.42 Å². The minimum absolute atomic E-state index is 0.103. The van der Waals surface area contributed by atoms with Crippen molar-refractivity contribution in [2.24, 2.45) is 0 Å². The Balaban J connectivity index is 2.27. The fraction of sp³-hybridized carbons (Fsp3) is 0.312. The number of benzene rings is 1. The zero-order chi connectivity index (χ0) is 14.5. The predicted octanol–water partition coefficient (Wildman–Crippen LogP) is 3.00. The van der Waals surface area contributed by atoms with Crippen molar-refractivity contribution in [3.63, 3.8) is 0 Å². The first-order chi connectivity index (χ1) is 9.61. The van der Waals surface area contributed by atoms with E-state index in [4.69, 9.17) is 5.73 Å². The first-order valence-corrected chi connectivity index (χ1v) is 6.80. The van der Waals surface area contributed by atoms with E-state index in [1.54, 1.807) is 13.1 Å². The minimum Gasteiger partial charge on any atom is -0.383 e. The van der Waals surface area contributed by atoms with Gasteiger partial charge in [0.2, 0.25) is 0 Å². The number of hydrogen-bond donors (Lipinski definition) is 2. The molecule has 2 aromatic rings. The summed E-state index contributed by atoms with van der Waals surface area (Å²) < 4.78 is 13.4. The molecule has 1 unspecified atom stereocenters. The van der Waals surface area contributed by atoms with Gasteiger partial charge in [0.05, 0.1) is 0 Å². The Bertz CT molecular complexity index is 584. The molecule has 0 fully saturated rings. The summed E-state index contributed by atoms with van der Waals surface area (Å²) >= 11 is 0. The van der Waals surface area contributed by atoms with Crippen LogP contribution in [0.5, 0.6) is 0 Å². The van der Waals surface area contributed by atoms with E-state index in [-0.39, 0.29) is 11.9 Å². The van der Waals surface area contributed by atoms with Gasteiger partial charge in [-0.25, -0.2) is 9.37 Å². The van der Waals surface area contributed by atoms with Gasteiger partial charge in [-0.1, -0.05) is 25.1 Å². The highest BCUT2D eigenvalue weighted by Gasteiger charge is 2.14. The van der Waals surface area contributed by atoms with E-state index in [1.807, 2.05) is 24.3 Å². The molecule has 0 aliphatic heterocycles. The summed E-state index contributed by atoms with van der Waals surface area (Å²) in [5, 5.41) is 3.42. The number of aryl methyl sites for hydroxylation is 1. The van der Waals surface area contributed by atoms with Crippen molar-refractivity contribution in [2.45, 2.75) is 26.3 Å². The molecule has 0 spiro atoms. The summed E-state index contributed by atoms with van der Waals surface area (Å²) in [5.74, 6) is 0.374. The molecule has 106 valence electrons. The lowest BCUT2D eigenvalue weighted by atomic mass is 9.97. The number of aromatic nitrogens is 1. The number of rotatable bonds is 5. The second-order valence-corrected chi connectivity index (χ2v) is 4.87. The van der Waals surface area contributed by atoms with Crippen molar-refractivity contribution in [3.05, 3.63) is 59.0 Å². The zero-order valence-electron chi connectivity index (χ0n) is 11.9. The maximum Gasteiger partial charge on any atom is 0.126 e. The Kier molecular flexibility index (Phi) is 4.69. The van der Waals surface area contributed by atoms with E-state index in [1.165, 1.54) is 6.07 Å². The van der Waals surface area contributed by atoms with E-state index in [9.17, 15) is 4.39 Å².